The molecule has 15 rings (SSSR count). The van der Waals surface area contributed by atoms with Gasteiger partial charge in [0.15, 0.2) is 11.2 Å². The Hall–Kier alpha value is -9.66. The predicted molar refractivity (Wildman–Crippen MR) is 283 cm³/mol. The molecule has 0 bridgehead atoms. The molecule has 8 heteroatoms. The van der Waals surface area contributed by atoms with Gasteiger partial charge in [-0.3, -0.25) is 9.55 Å². The Bertz CT molecular complexity index is 4600. The van der Waals surface area contributed by atoms with Crippen LogP contribution < -0.4 is 0 Å². The van der Waals surface area contributed by atoms with Crippen molar-refractivity contribution in [2.24, 2.45) is 0 Å². The topological polar surface area (TPSA) is 87.7 Å². The van der Waals surface area contributed by atoms with E-state index in [2.05, 4.69) is 173 Å². The summed E-state index contributed by atoms with van der Waals surface area (Å²) in [6.45, 7) is 0. The van der Waals surface area contributed by atoms with Crippen LogP contribution in [0.15, 0.2) is 227 Å². The zero-order valence-corrected chi connectivity index (χ0v) is 37.3. The van der Waals surface area contributed by atoms with E-state index in [1.54, 1.807) is 0 Å². The molecule has 0 amide bonds. The Kier molecular flexibility index (Phi) is 8.20. The first-order valence-corrected chi connectivity index (χ1v) is 23.3. The van der Waals surface area contributed by atoms with Crippen LogP contribution in [0.5, 0.6) is 0 Å². The van der Waals surface area contributed by atoms with Crippen LogP contribution in [-0.2, 0) is 0 Å². The summed E-state index contributed by atoms with van der Waals surface area (Å²) in [5.74, 6) is 2.05. The fourth-order valence-corrected chi connectivity index (χ4v) is 10.6. The van der Waals surface area contributed by atoms with Gasteiger partial charge in [-0.1, -0.05) is 121 Å². The molecule has 0 aliphatic carbocycles. The largest absolute Gasteiger partial charge is 0.435 e. The second kappa shape index (κ2) is 14.9. The van der Waals surface area contributed by atoms with Gasteiger partial charge in [0.05, 0.1) is 38.5 Å². The smallest absolute Gasteiger partial charge is 0.227 e. The summed E-state index contributed by atoms with van der Waals surface area (Å²) < 4.78 is 17.8. The van der Waals surface area contributed by atoms with E-state index >= 15 is 0 Å². The summed E-state index contributed by atoms with van der Waals surface area (Å²) in [4.78, 5) is 19.9. The first-order chi connectivity index (χ1) is 34.7. The number of hydrogen-bond acceptors (Lipinski definition) is 6. The van der Waals surface area contributed by atoms with Crippen LogP contribution in [0.1, 0.15) is 0 Å². The maximum Gasteiger partial charge on any atom is 0.227 e. The fourth-order valence-electron chi connectivity index (χ4n) is 10.6. The predicted octanol–water partition coefficient (Wildman–Crippen LogP) is 15.9. The Morgan fingerprint density at radius 2 is 0.943 bits per heavy atom. The lowest BCUT2D eigenvalue weighted by molar-refractivity contribution is 0.622. The van der Waals surface area contributed by atoms with E-state index < -0.39 is 0 Å². The summed E-state index contributed by atoms with van der Waals surface area (Å²) >= 11 is 0. The molecule has 0 unspecified atom stereocenters. The summed E-state index contributed by atoms with van der Waals surface area (Å²) in [5, 5.41) is 8.69. The maximum absolute atomic E-state index is 6.71. The first-order valence-electron chi connectivity index (χ1n) is 23.3. The molecule has 0 spiro atoms. The van der Waals surface area contributed by atoms with Gasteiger partial charge in [-0.2, -0.15) is 0 Å². The highest BCUT2D eigenvalue weighted by atomic mass is 16.4. The van der Waals surface area contributed by atoms with E-state index in [4.69, 9.17) is 28.8 Å². The molecule has 0 aliphatic heterocycles. The summed E-state index contributed by atoms with van der Waals surface area (Å²) in [5.41, 5.74) is 14.4. The van der Waals surface area contributed by atoms with Gasteiger partial charge in [0, 0.05) is 56.3 Å². The van der Waals surface area contributed by atoms with Crippen LogP contribution in [0.4, 0.5) is 0 Å². The van der Waals surface area contributed by atoms with Crippen molar-refractivity contribution in [3.8, 4) is 56.8 Å². The highest BCUT2D eigenvalue weighted by Crippen LogP contribution is 2.41. The zero-order chi connectivity index (χ0) is 45.9. The third-order valence-corrected chi connectivity index (χ3v) is 13.9. The van der Waals surface area contributed by atoms with E-state index in [9.17, 15) is 0 Å². The fraction of sp³-hybridized carbons (Fsp3) is 0. The van der Waals surface area contributed by atoms with Crippen LogP contribution in [0.25, 0.3) is 144 Å². The second-order valence-electron chi connectivity index (χ2n) is 17.8. The average Bonchev–Trinajstić information content (AvgIpc) is 4.22. The lowest BCUT2D eigenvalue weighted by Gasteiger charge is -2.11. The Labute approximate surface area is 399 Å². The maximum atomic E-state index is 6.71. The van der Waals surface area contributed by atoms with Gasteiger partial charge in [0.25, 0.3) is 0 Å². The van der Waals surface area contributed by atoms with Gasteiger partial charge in [0.2, 0.25) is 11.8 Å². The highest BCUT2D eigenvalue weighted by molar-refractivity contribution is 6.20. The van der Waals surface area contributed by atoms with Crippen molar-refractivity contribution < 1.29 is 8.83 Å². The Morgan fingerprint density at radius 3 is 1.69 bits per heavy atom. The number of pyridine rings is 2. The molecule has 0 saturated heterocycles. The van der Waals surface area contributed by atoms with Gasteiger partial charge in [-0.05, 0) is 107 Å². The van der Waals surface area contributed by atoms with E-state index in [0.29, 0.717) is 11.8 Å². The molecule has 0 fully saturated rings. The third kappa shape index (κ3) is 5.83. The van der Waals surface area contributed by atoms with Crippen molar-refractivity contribution in [1.29, 1.82) is 0 Å². The van der Waals surface area contributed by atoms with Gasteiger partial charge in [-0.15, -0.1) is 0 Å². The van der Waals surface area contributed by atoms with Gasteiger partial charge < -0.3 is 13.4 Å². The molecule has 8 nitrogen and oxygen atoms in total. The quantitative estimate of drug-likeness (QED) is 0.165. The van der Waals surface area contributed by atoms with E-state index in [1.165, 1.54) is 0 Å². The molecule has 0 N–H and O–H groups in total. The van der Waals surface area contributed by atoms with Gasteiger partial charge >= 0.3 is 0 Å². The molecule has 6 heterocycles. The van der Waals surface area contributed by atoms with Crippen LogP contribution in [0.3, 0.4) is 0 Å². The van der Waals surface area contributed by atoms with E-state index in [0.717, 1.165) is 132 Å². The zero-order valence-electron chi connectivity index (χ0n) is 37.3. The minimum Gasteiger partial charge on any atom is -0.435 e. The van der Waals surface area contributed by atoms with Crippen LogP contribution >= 0.6 is 0 Å². The molecular weight excluding hydrogens is 861 g/mol. The summed E-state index contributed by atoms with van der Waals surface area (Å²) in [6.07, 6.45) is 3.94. The molecule has 6 aromatic heterocycles. The molecule has 15 aromatic rings. The number of para-hydroxylation sites is 2. The molecular formula is C62H36N6O2. The monoisotopic (exact) mass is 896 g/mol. The molecule has 0 atom stereocenters. The number of oxazole rings is 2. The summed E-state index contributed by atoms with van der Waals surface area (Å²) in [7, 11) is 0. The lowest BCUT2D eigenvalue weighted by atomic mass is 9.97. The van der Waals surface area contributed by atoms with Crippen molar-refractivity contribution in [2.75, 3.05) is 0 Å². The molecule has 70 heavy (non-hydrogen) atoms. The first kappa shape index (κ1) is 38.4. The van der Waals surface area contributed by atoms with Crippen molar-refractivity contribution in [2.45, 2.75) is 0 Å². The van der Waals surface area contributed by atoms with Gasteiger partial charge in [-0.25, -0.2) is 15.0 Å². The number of hydrogen-bond donors (Lipinski definition) is 0. The minimum absolute atomic E-state index is 0.575. The molecule has 0 aliphatic rings. The van der Waals surface area contributed by atoms with Crippen molar-refractivity contribution in [3.63, 3.8) is 0 Å². The standard InChI is InChI=1S/C62H36N6O2/c1-2-12-38(13-3-1)61-65-49-28-30-54-57(59(49)69-61)46-19-6-8-22-52(46)67(54)44-18-10-17-42(32-44)51-33-41-16-11-21-45(48(41)36-63-51)37-24-26-39(27-25-37)62-66-50-29-31-55-58(60(50)70-62)47-20-7-9-23-53(47)68(55)56-34-40-14-4-5-15-43(40)35-64-56/h1-36H. The second-order valence-corrected chi connectivity index (χ2v) is 17.8. The van der Waals surface area contributed by atoms with Crippen molar-refractivity contribution in [3.05, 3.63) is 219 Å². The summed E-state index contributed by atoms with van der Waals surface area (Å²) in [6, 6.07) is 71.6. The number of rotatable bonds is 6. The number of nitrogens with zero attached hydrogens (tertiary/aromatic N) is 6. The number of fused-ring (bicyclic) bond motifs is 12. The van der Waals surface area contributed by atoms with E-state index in [1.807, 2.05) is 54.9 Å². The molecule has 9 aromatic carbocycles. The number of benzene rings is 9. The Balaban J connectivity index is 0.767. The van der Waals surface area contributed by atoms with Gasteiger partial charge in [0.1, 0.15) is 16.9 Å². The Morgan fingerprint density at radius 1 is 0.357 bits per heavy atom. The molecule has 326 valence electrons. The molecule has 0 saturated carbocycles. The SMILES string of the molecule is c1ccc(-c2nc3ccc4c(c5ccccc5n4-c4cccc(-c5cc6cccc(-c7ccc(-c8nc9ccc%10c(c%11ccccc%11n%10-c%10cc%11ccccc%11cn%10)c9o8)cc7)c6cn5)c4)c3o2)cc1. The molecule has 0 radical (unpaired) electrons. The van der Waals surface area contributed by atoms with Crippen molar-refractivity contribution in [1.82, 2.24) is 29.1 Å². The minimum atomic E-state index is 0.575. The average molecular weight is 897 g/mol. The highest BCUT2D eigenvalue weighted by Gasteiger charge is 2.22. The van der Waals surface area contributed by atoms with Crippen LogP contribution in [-0.4, -0.2) is 29.1 Å². The van der Waals surface area contributed by atoms with E-state index in [-0.39, 0.29) is 0 Å². The lowest BCUT2D eigenvalue weighted by Crippen LogP contribution is -1.97. The third-order valence-electron chi connectivity index (χ3n) is 13.9. The van der Waals surface area contributed by atoms with Crippen molar-refractivity contribution >= 4 is 87.4 Å². The normalized spacial score (nSPS) is 12.0. The number of aromatic nitrogens is 6. The van der Waals surface area contributed by atoms with Crippen LogP contribution in [0, 0.1) is 0 Å². The van der Waals surface area contributed by atoms with Crippen LogP contribution in [0.2, 0.25) is 0 Å².